The number of hydrogen-bond donors (Lipinski definition) is 0. The van der Waals surface area contributed by atoms with Crippen LogP contribution in [0.3, 0.4) is 0 Å². The van der Waals surface area contributed by atoms with E-state index in [9.17, 15) is 0 Å². The fraction of sp³-hybridized carbons (Fsp3) is 0.0652. The smallest absolute Gasteiger partial charge is 0.0826 e. The highest BCUT2D eigenvalue weighted by Gasteiger charge is 2.35. The van der Waals surface area contributed by atoms with Crippen LogP contribution in [0.2, 0.25) is 0 Å². The Hall–Kier alpha value is -5.97. The molecule has 1 aliphatic rings. The van der Waals surface area contributed by atoms with Gasteiger partial charge in [-0.1, -0.05) is 105 Å². The maximum atomic E-state index is 4.81. The maximum Gasteiger partial charge on any atom is 0.0826 e. The zero-order valence-electron chi connectivity index (χ0n) is 27.7. The molecule has 0 saturated heterocycles. The Morgan fingerprint density at radius 3 is 2.12 bits per heavy atom. The van der Waals surface area contributed by atoms with Gasteiger partial charge in [0.05, 0.1) is 32.3 Å². The van der Waals surface area contributed by atoms with Crippen molar-refractivity contribution in [2.75, 3.05) is 4.90 Å². The second-order valence-electron chi connectivity index (χ2n) is 14.1. The van der Waals surface area contributed by atoms with Crippen LogP contribution in [-0.2, 0) is 5.41 Å². The molecule has 7 aromatic carbocycles. The van der Waals surface area contributed by atoms with E-state index in [1.807, 2.05) is 5.51 Å². The second-order valence-corrected chi connectivity index (χ2v) is 14.9. The minimum Gasteiger partial charge on any atom is -0.310 e. The Morgan fingerprint density at radius 2 is 1.24 bits per heavy atom. The lowest BCUT2D eigenvalue weighted by atomic mass is 9.82. The molecule has 0 saturated carbocycles. The van der Waals surface area contributed by atoms with E-state index in [4.69, 9.17) is 4.98 Å². The van der Waals surface area contributed by atoms with Gasteiger partial charge in [-0.05, 0) is 88.0 Å². The average Bonchev–Trinajstić information content (AvgIpc) is 3.91. The first-order chi connectivity index (χ1) is 24.6. The molecule has 0 bridgehead atoms. The Labute approximate surface area is 293 Å². The molecule has 0 fully saturated rings. The summed E-state index contributed by atoms with van der Waals surface area (Å²) in [6.45, 7) is 4.71. The molecule has 3 heterocycles. The number of para-hydroxylation sites is 1. The lowest BCUT2D eigenvalue weighted by molar-refractivity contribution is 0.660. The van der Waals surface area contributed by atoms with Gasteiger partial charge in [0.15, 0.2) is 0 Å². The van der Waals surface area contributed by atoms with Crippen molar-refractivity contribution in [1.82, 2.24) is 9.38 Å². The molecule has 11 rings (SSSR count). The van der Waals surface area contributed by atoms with Gasteiger partial charge in [0.1, 0.15) is 0 Å². The third-order valence-corrected chi connectivity index (χ3v) is 11.9. The quantitative estimate of drug-likeness (QED) is 0.188. The molecule has 50 heavy (non-hydrogen) atoms. The van der Waals surface area contributed by atoms with Crippen LogP contribution in [0.1, 0.15) is 25.0 Å². The highest BCUT2D eigenvalue weighted by atomic mass is 32.1. The van der Waals surface area contributed by atoms with E-state index < -0.39 is 0 Å². The van der Waals surface area contributed by atoms with Gasteiger partial charge in [-0.2, -0.15) is 0 Å². The summed E-state index contributed by atoms with van der Waals surface area (Å²) >= 11 is 1.73. The Kier molecular flexibility index (Phi) is 5.61. The van der Waals surface area contributed by atoms with Crippen LogP contribution in [0, 0.1) is 0 Å². The number of rotatable bonds is 4. The molecule has 0 N–H and O–H groups in total. The highest BCUT2D eigenvalue weighted by Crippen LogP contribution is 2.51. The fourth-order valence-electron chi connectivity index (χ4n) is 8.72. The molecule has 10 aromatic rings. The minimum atomic E-state index is -0.0954. The van der Waals surface area contributed by atoms with Crippen molar-refractivity contribution in [2.45, 2.75) is 19.3 Å². The number of aromatic nitrogens is 2. The molecular formula is C46H31N3S. The van der Waals surface area contributed by atoms with E-state index in [1.54, 1.807) is 11.3 Å². The highest BCUT2D eigenvalue weighted by molar-refractivity contribution is 7.18. The molecule has 0 unspecified atom stereocenters. The number of benzene rings is 7. The van der Waals surface area contributed by atoms with Crippen LogP contribution in [0.5, 0.6) is 0 Å². The van der Waals surface area contributed by atoms with Crippen LogP contribution in [0.15, 0.2) is 151 Å². The summed E-state index contributed by atoms with van der Waals surface area (Å²) in [7, 11) is 0. The molecule has 0 radical (unpaired) electrons. The zero-order chi connectivity index (χ0) is 33.1. The fourth-order valence-corrected chi connectivity index (χ4v) is 9.54. The van der Waals surface area contributed by atoms with Crippen molar-refractivity contribution in [1.29, 1.82) is 0 Å². The summed E-state index contributed by atoms with van der Waals surface area (Å²) < 4.78 is 3.72. The topological polar surface area (TPSA) is 20.5 Å². The predicted molar refractivity (Wildman–Crippen MR) is 212 cm³/mol. The molecule has 0 spiro atoms. The Bertz CT molecular complexity index is 2950. The molecular weight excluding hydrogens is 627 g/mol. The maximum absolute atomic E-state index is 4.81. The largest absolute Gasteiger partial charge is 0.310 e. The van der Waals surface area contributed by atoms with Gasteiger partial charge >= 0.3 is 0 Å². The predicted octanol–water partition coefficient (Wildman–Crippen LogP) is 12.9. The first kappa shape index (κ1) is 27.9. The van der Waals surface area contributed by atoms with Gasteiger partial charge in [-0.15, -0.1) is 11.3 Å². The molecule has 4 heteroatoms. The van der Waals surface area contributed by atoms with Crippen molar-refractivity contribution in [2.24, 2.45) is 0 Å². The minimum absolute atomic E-state index is 0.0954. The molecule has 0 amide bonds. The summed E-state index contributed by atoms with van der Waals surface area (Å²) in [5, 5.41) is 5.08. The van der Waals surface area contributed by atoms with Crippen molar-refractivity contribution in [3.63, 3.8) is 0 Å². The van der Waals surface area contributed by atoms with Crippen LogP contribution < -0.4 is 4.90 Å². The molecule has 1 aliphatic carbocycles. The lowest BCUT2D eigenvalue weighted by Gasteiger charge is -2.28. The number of nitrogens with zero attached hydrogens (tertiary/aromatic N) is 3. The SMILES string of the molecule is CC1(C)c2ccccc2-c2ccc(N(c3ccc(-c4ccccc4)cc3)c3ccc4c(c3)c3cc5ncsc5c5c6ccccc6n4c35)cc21. The van der Waals surface area contributed by atoms with Gasteiger partial charge in [-0.3, -0.25) is 0 Å². The number of thiazole rings is 1. The summed E-state index contributed by atoms with van der Waals surface area (Å²) in [5.41, 5.74) is 17.9. The van der Waals surface area contributed by atoms with E-state index in [2.05, 4.69) is 169 Å². The first-order valence-corrected chi connectivity index (χ1v) is 18.1. The van der Waals surface area contributed by atoms with Gasteiger partial charge in [0.2, 0.25) is 0 Å². The van der Waals surface area contributed by atoms with Crippen molar-refractivity contribution in [3.05, 3.63) is 162 Å². The Morgan fingerprint density at radius 1 is 0.560 bits per heavy atom. The van der Waals surface area contributed by atoms with Gasteiger partial charge in [-0.25, -0.2) is 4.98 Å². The van der Waals surface area contributed by atoms with Crippen molar-refractivity contribution < 1.29 is 0 Å². The molecule has 3 nitrogen and oxygen atoms in total. The van der Waals surface area contributed by atoms with E-state index >= 15 is 0 Å². The van der Waals surface area contributed by atoms with Crippen LogP contribution in [0.25, 0.3) is 70.6 Å². The molecule has 236 valence electrons. The molecule has 3 aromatic heterocycles. The summed E-state index contributed by atoms with van der Waals surface area (Å²) in [5.74, 6) is 0. The van der Waals surface area contributed by atoms with E-state index in [-0.39, 0.29) is 5.41 Å². The number of anilines is 3. The van der Waals surface area contributed by atoms with Crippen molar-refractivity contribution in [3.8, 4) is 22.3 Å². The normalized spacial score (nSPS) is 13.6. The van der Waals surface area contributed by atoms with E-state index in [0.29, 0.717) is 0 Å². The summed E-state index contributed by atoms with van der Waals surface area (Å²) in [6, 6.07) is 53.7. The molecule has 0 atom stereocenters. The summed E-state index contributed by atoms with van der Waals surface area (Å²) in [6.07, 6.45) is 0. The van der Waals surface area contributed by atoms with Crippen LogP contribution >= 0.6 is 11.3 Å². The van der Waals surface area contributed by atoms with Crippen LogP contribution in [0.4, 0.5) is 17.1 Å². The average molecular weight is 658 g/mol. The number of hydrogen-bond acceptors (Lipinski definition) is 3. The summed E-state index contributed by atoms with van der Waals surface area (Å²) in [4.78, 5) is 7.24. The third-order valence-electron chi connectivity index (χ3n) is 11.1. The van der Waals surface area contributed by atoms with E-state index in [0.717, 1.165) is 22.6 Å². The first-order valence-electron chi connectivity index (χ1n) is 17.2. The lowest BCUT2D eigenvalue weighted by Crippen LogP contribution is -2.16. The van der Waals surface area contributed by atoms with Crippen molar-refractivity contribution >= 4 is 76.7 Å². The monoisotopic (exact) mass is 657 g/mol. The third kappa shape index (κ3) is 3.71. The standard InChI is InChI=1S/C46H31N3S/c1-46(2)38-14-8-6-12-33(38)34-22-20-32(25-39(34)46)48(30-18-16-29(17-19-30)28-10-4-3-5-11-28)31-21-23-42-36(24-31)37-26-40-45(50-27-47-40)43-35-13-7-9-15-41(35)49(42)44(37)43/h3-27H,1-2H3. The van der Waals surface area contributed by atoms with Gasteiger partial charge in [0.25, 0.3) is 0 Å². The van der Waals surface area contributed by atoms with E-state index in [1.165, 1.54) is 76.2 Å². The van der Waals surface area contributed by atoms with Gasteiger partial charge in [0, 0.05) is 44.0 Å². The molecule has 0 aliphatic heterocycles. The second kappa shape index (κ2) is 10.0. The van der Waals surface area contributed by atoms with Crippen LogP contribution in [-0.4, -0.2) is 9.38 Å². The Balaban J connectivity index is 1.16. The zero-order valence-corrected chi connectivity index (χ0v) is 28.5. The van der Waals surface area contributed by atoms with Gasteiger partial charge < -0.3 is 9.30 Å². The number of fused-ring (bicyclic) bond motifs is 11.